The Morgan fingerprint density at radius 2 is 2.04 bits per heavy atom. The van der Waals surface area contributed by atoms with Gasteiger partial charge in [-0.1, -0.05) is 23.7 Å². The van der Waals surface area contributed by atoms with Crippen LogP contribution in [0.2, 0.25) is 5.02 Å². The molecule has 24 heavy (non-hydrogen) atoms. The summed E-state index contributed by atoms with van der Waals surface area (Å²) in [6.07, 6.45) is 2.83. The van der Waals surface area contributed by atoms with Gasteiger partial charge in [0.2, 0.25) is 11.8 Å². The van der Waals surface area contributed by atoms with Crippen LogP contribution in [0.4, 0.5) is 5.69 Å². The Bertz CT molecular complexity index is 598. The number of nitrogens with zero attached hydrogens (tertiary/aromatic N) is 2. The van der Waals surface area contributed by atoms with E-state index >= 15 is 0 Å². The highest BCUT2D eigenvalue weighted by molar-refractivity contribution is 6.33. The van der Waals surface area contributed by atoms with E-state index in [1.807, 2.05) is 29.2 Å². The second kappa shape index (κ2) is 7.88. The molecule has 1 aromatic rings. The Morgan fingerprint density at radius 1 is 1.21 bits per heavy atom. The molecule has 0 bridgehead atoms. The smallest absolute Gasteiger partial charge is 0.222 e. The van der Waals surface area contributed by atoms with Crippen LogP contribution in [0.1, 0.15) is 25.7 Å². The summed E-state index contributed by atoms with van der Waals surface area (Å²) < 4.78 is 0. The van der Waals surface area contributed by atoms with Crippen LogP contribution in [0.5, 0.6) is 0 Å². The largest absolute Gasteiger partial charge is 0.368 e. The van der Waals surface area contributed by atoms with Crippen LogP contribution in [0, 0.1) is 5.92 Å². The molecule has 2 heterocycles. The zero-order valence-electron chi connectivity index (χ0n) is 13.8. The third-order valence-electron chi connectivity index (χ3n) is 4.87. The standard InChI is InChI=1S/C18H24ClN3O2/c19-15-4-1-2-5-16(15)21-8-3-9-22(11-10-21)18(24)12-14-6-7-17(23)20-13-14/h1-2,4-5,14H,3,6-13H2,(H,20,23). The lowest BCUT2D eigenvalue weighted by Gasteiger charge is -2.27. The van der Waals surface area contributed by atoms with Crippen LogP contribution < -0.4 is 10.2 Å². The number of hydrogen-bond donors (Lipinski definition) is 1. The molecule has 130 valence electrons. The summed E-state index contributed by atoms with van der Waals surface area (Å²) in [6, 6.07) is 7.86. The Hall–Kier alpha value is -1.75. The molecule has 0 radical (unpaired) electrons. The highest BCUT2D eigenvalue weighted by Gasteiger charge is 2.25. The van der Waals surface area contributed by atoms with Gasteiger partial charge in [0.25, 0.3) is 0 Å². The molecule has 3 rings (SSSR count). The summed E-state index contributed by atoms with van der Waals surface area (Å²) in [7, 11) is 0. The first-order valence-corrected chi connectivity index (χ1v) is 9.05. The normalized spacial score (nSPS) is 22.0. The van der Waals surface area contributed by atoms with Gasteiger partial charge < -0.3 is 15.1 Å². The lowest BCUT2D eigenvalue weighted by Crippen LogP contribution is -2.40. The molecular weight excluding hydrogens is 326 g/mol. The van der Waals surface area contributed by atoms with E-state index in [9.17, 15) is 9.59 Å². The molecule has 2 amide bonds. The number of benzene rings is 1. The van der Waals surface area contributed by atoms with Crippen molar-refractivity contribution in [1.29, 1.82) is 0 Å². The minimum atomic E-state index is 0.101. The summed E-state index contributed by atoms with van der Waals surface area (Å²) in [5, 5.41) is 3.61. The van der Waals surface area contributed by atoms with Crippen LogP contribution >= 0.6 is 11.6 Å². The van der Waals surface area contributed by atoms with Crippen LogP contribution in [-0.4, -0.2) is 49.4 Å². The van der Waals surface area contributed by atoms with E-state index in [1.165, 1.54) is 0 Å². The molecule has 1 N–H and O–H groups in total. The number of nitrogens with one attached hydrogen (secondary N) is 1. The van der Waals surface area contributed by atoms with Gasteiger partial charge in [-0.15, -0.1) is 0 Å². The zero-order chi connectivity index (χ0) is 16.9. The van der Waals surface area contributed by atoms with Gasteiger partial charge in [0.15, 0.2) is 0 Å². The summed E-state index contributed by atoms with van der Waals surface area (Å²) in [4.78, 5) is 28.0. The molecule has 0 aromatic heterocycles. The lowest BCUT2D eigenvalue weighted by atomic mass is 9.95. The van der Waals surface area contributed by atoms with E-state index < -0.39 is 0 Å². The predicted molar refractivity (Wildman–Crippen MR) is 95.2 cm³/mol. The van der Waals surface area contributed by atoms with Crippen molar-refractivity contribution in [2.24, 2.45) is 5.92 Å². The summed E-state index contributed by atoms with van der Waals surface area (Å²) >= 11 is 6.29. The summed E-state index contributed by atoms with van der Waals surface area (Å²) in [5.74, 6) is 0.583. The maximum Gasteiger partial charge on any atom is 0.222 e. The predicted octanol–water partition coefficient (Wildman–Crippen LogP) is 2.29. The molecule has 2 saturated heterocycles. The molecule has 2 fully saturated rings. The zero-order valence-corrected chi connectivity index (χ0v) is 14.6. The van der Waals surface area contributed by atoms with Crippen molar-refractivity contribution in [1.82, 2.24) is 10.2 Å². The number of para-hydroxylation sites is 1. The Morgan fingerprint density at radius 3 is 2.79 bits per heavy atom. The number of amides is 2. The van der Waals surface area contributed by atoms with Gasteiger partial charge in [0, 0.05) is 45.6 Å². The first kappa shape index (κ1) is 17.1. The molecule has 6 heteroatoms. The van der Waals surface area contributed by atoms with Crippen LogP contribution in [0.25, 0.3) is 0 Å². The third kappa shape index (κ3) is 4.20. The SMILES string of the molecule is O=C1CCC(CC(=O)N2CCCN(c3ccccc3Cl)CC2)CN1. The van der Waals surface area contributed by atoms with Crippen molar-refractivity contribution in [3.8, 4) is 0 Å². The Balaban J connectivity index is 1.54. The molecule has 2 aliphatic rings. The summed E-state index contributed by atoms with van der Waals surface area (Å²) in [5.41, 5.74) is 1.04. The van der Waals surface area contributed by atoms with E-state index in [4.69, 9.17) is 11.6 Å². The maximum atomic E-state index is 12.6. The van der Waals surface area contributed by atoms with E-state index in [-0.39, 0.29) is 17.7 Å². The topological polar surface area (TPSA) is 52.7 Å². The molecule has 5 nitrogen and oxygen atoms in total. The van der Waals surface area contributed by atoms with Gasteiger partial charge in [-0.25, -0.2) is 0 Å². The number of carbonyl (C=O) groups excluding carboxylic acids is 2. The molecular formula is C18H24ClN3O2. The molecule has 0 saturated carbocycles. The Labute approximate surface area is 147 Å². The molecule has 2 aliphatic heterocycles. The van der Waals surface area contributed by atoms with Crippen molar-refractivity contribution in [3.05, 3.63) is 29.3 Å². The second-order valence-electron chi connectivity index (χ2n) is 6.59. The van der Waals surface area contributed by atoms with E-state index in [1.54, 1.807) is 0 Å². The number of carbonyl (C=O) groups is 2. The number of rotatable bonds is 3. The van der Waals surface area contributed by atoms with Gasteiger partial charge in [0.1, 0.15) is 0 Å². The van der Waals surface area contributed by atoms with Gasteiger partial charge in [-0.3, -0.25) is 9.59 Å². The fraction of sp³-hybridized carbons (Fsp3) is 0.556. The molecule has 0 spiro atoms. The minimum absolute atomic E-state index is 0.101. The van der Waals surface area contributed by atoms with E-state index in [0.29, 0.717) is 19.4 Å². The van der Waals surface area contributed by atoms with Gasteiger partial charge in [-0.2, -0.15) is 0 Å². The fourth-order valence-electron chi connectivity index (χ4n) is 3.45. The van der Waals surface area contributed by atoms with Crippen molar-refractivity contribution < 1.29 is 9.59 Å². The van der Waals surface area contributed by atoms with Crippen molar-refractivity contribution >= 4 is 29.1 Å². The summed E-state index contributed by atoms with van der Waals surface area (Å²) in [6.45, 7) is 3.86. The van der Waals surface area contributed by atoms with Crippen LogP contribution in [0.3, 0.4) is 0 Å². The monoisotopic (exact) mass is 349 g/mol. The number of piperidine rings is 1. The van der Waals surface area contributed by atoms with Crippen LogP contribution in [0.15, 0.2) is 24.3 Å². The van der Waals surface area contributed by atoms with E-state index in [0.717, 1.165) is 49.7 Å². The van der Waals surface area contributed by atoms with Crippen molar-refractivity contribution in [3.63, 3.8) is 0 Å². The van der Waals surface area contributed by atoms with Crippen molar-refractivity contribution in [2.45, 2.75) is 25.7 Å². The third-order valence-corrected chi connectivity index (χ3v) is 5.19. The van der Waals surface area contributed by atoms with Gasteiger partial charge in [-0.05, 0) is 30.9 Å². The number of hydrogen-bond acceptors (Lipinski definition) is 3. The molecule has 1 atom stereocenters. The average Bonchev–Trinajstić information content (AvgIpc) is 2.83. The highest BCUT2D eigenvalue weighted by atomic mass is 35.5. The lowest BCUT2D eigenvalue weighted by molar-refractivity contribution is -0.133. The number of anilines is 1. The number of halogens is 1. The molecule has 1 unspecified atom stereocenters. The quantitative estimate of drug-likeness (QED) is 0.911. The highest BCUT2D eigenvalue weighted by Crippen LogP contribution is 2.26. The fourth-order valence-corrected chi connectivity index (χ4v) is 3.71. The van der Waals surface area contributed by atoms with Crippen molar-refractivity contribution in [2.75, 3.05) is 37.6 Å². The average molecular weight is 350 g/mol. The first-order valence-electron chi connectivity index (χ1n) is 8.67. The first-order chi connectivity index (χ1) is 11.6. The van der Waals surface area contributed by atoms with Crippen LogP contribution in [-0.2, 0) is 9.59 Å². The molecule has 0 aliphatic carbocycles. The van der Waals surface area contributed by atoms with E-state index in [2.05, 4.69) is 10.2 Å². The molecule has 1 aromatic carbocycles. The second-order valence-corrected chi connectivity index (χ2v) is 6.99. The maximum absolute atomic E-state index is 12.6. The Kier molecular flexibility index (Phi) is 5.61. The minimum Gasteiger partial charge on any atom is -0.368 e. The van der Waals surface area contributed by atoms with Gasteiger partial charge >= 0.3 is 0 Å². The van der Waals surface area contributed by atoms with Gasteiger partial charge in [0.05, 0.1) is 10.7 Å².